The molecule has 94 valence electrons. The molecule has 17 heavy (non-hydrogen) atoms. The molecule has 0 radical (unpaired) electrons. The van der Waals surface area contributed by atoms with E-state index in [9.17, 15) is 13.2 Å². The summed E-state index contributed by atoms with van der Waals surface area (Å²) in [5, 5.41) is 0. The minimum Gasteiger partial charge on any atom is -0.293 e. The van der Waals surface area contributed by atoms with Gasteiger partial charge in [0.15, 0.2) is 0 Å². The molecule has 0 heterocycles. The Balaban J connectivity index is 2.95. The number of hydrazine groups is 1. The summed E-state index contributed by atoms with van der Waals surface area (Å²) in [6.07, 6.45) is 0. The van der Waals surface area contributed by atoms with Crippen LogP contribution >= 0.6 is 15.9 Å². The van der Waals surface area contributed by atoms with Crippen LogP contribution in [0.1, 0.15) is 0 Å². The van der Waals surface area contributed by atoms with Crippen LogP contribution in [0.2, 0.25) is 0 Å². The van der Waals surface area contributed by atoms with Crippen LogP contribution in [0.4, 0.5) is 0 Å². The quantitative estimate of drug-likeness (QED) is 0.466. The van der Waals surface area contributed by atoms with Gasteiger partial charge in [-0.25, -0.2) is 14.3 Å². The third-order valence-electron chi connectivity index (χ3n) is 2.05. The number of rotatable bonds is 4. The second-order valence-corrected chi connectivity index (χ2v) is 6.24. The number of halogens is 1. The molecule has 8 heteroatoms. The van der Waals surface area contributed by atoms with Gasteiger partial charge in [0.05, 0.1) is 11.4 Å². The zero-order valence-corrected chi connectivity index (χ0v) is 11.5. The Labute approximate surface area is 108 Å². The SMILES string of the molecule is CN(CC(=O)NN)S(=O)(=O)c1ccc(Br)cc1. The molecule has 0 atom stereocenters. The molecule has 0 aliphatic carbocycles. The van der Waals surface area contributed by atoms with Crippen LogP contribution < -0.4 is 11.3 Å². The van der Waals surface area contributed by atoms with Crippen LogP contribution in [-0.2, 0) is 14.8 Å². The first kappa shape index (κ1) is 14.1. The number of nitrogens with two attached hydrogens (primary N) is 1. The molecule has 0 aliphatic rings. The number of nitrogens with zero attached hydrogens (tertiary/aromatic N) is 1. The van der Waals surface area contributed by atoms with Crippen molar-refractivity contribution < 1.29 is 13.2 Å². The predicted molar refractivity (Wildman–Crippen MR) is 66.3 cm³/mol. The lowest BCUT2D eigenvalue weighted by Gasteiger charge is -2.16. The number of hydrogen-bond acceptors (Lipinski definition) is 4. The van der Waals surface area contributed by atoms with Crippen molar-refractivity contribution in [2.24, 2.45) is 5.84 Å². The van der Waals surface area contributed by atoms with E-state index in [1.807, 2.05) is 5.43 Å². The summed E-state index contributed by atoms with van der Waals surface area (Å²) in [5.41, 5.74) is 1.88. The van der Waals surface area contributed by atoms with E-state index >= 15 is 0 Å². The number of amides is 1. The maximum Gasteiger partial charge on any atom is 0.249 e. The summed E-state index contributed by atoms with van der Waals surface area (Å²) >= 11 is 3.21. The Morgan fingerprint density at radius 2 is 1.94 bits per heavy atom. The molecular weight excluding hydrogens is 310 g/mol. The van der Waals surface area contributed by atoms with Crippen molar-refractivity contribution in [3.05, 3.63) is 28.7 Å². The molecule has 6 nitrogen and oxygen atoms in total. The molecule has 0 aromatic heterocycles. The Kier molecular flexibility index (Phi) is 4.63. The first-order chi connectivity index (χ1) is 7.87. The van der Waals surface area contributed by atoms with Gasteiger partial charge >= 0.3 is 0 Å². The molecule has 0 saturated carbocycles. The lowest BCUT2D eigenvalue weighted by molar-refractivity contribution is -0.121. The molecule has 1 amide bonds. The summed E-state index contributed by atoms with van der Waals surface area (Å²) in [6.45, 7) is -0.325. The summed E-state index contributed by atoms with van der Waals surface area (Å²) in [6, 6.07) is 6.14. The van der Waals surface area contributed by atoms with Crippen molar-refractivity contribution in [1.82, 2.24) is 9.73 Å². The minimum atomic E-state index is -3.66. The summed E-state index contributed by atoms with van der Waals surface area (Å²) in [5.74, 6) is 4.32. The Bertz CT molecular complexity index is 501. The molecule has 0 saturated heterocycles. The summed E-state index contributed by atoms with van der Waals surface area (Å²) < 4.78 is 25.7. The normalized spacial score (nSPS) is 11.5. The van der Waals surface area contributed by atoms with Crippen LogP contribution in [0.3, 0.4) is 0 Å². The van der Waals surface area contributed by atoms with Crippen LogP contribution in [0, 0.1) is 0 Å². The molecule has 0 fully saturated rings. The lowest BCUT2D eigenvalue weighted by atomic mass is 10.4. The van der Waals surface area contributed by atoms with Gasteiger partial charge in [-0.1, -0.05) is 15.9 Å². The Hall–Kier alpha value is -0.960. The minimum absolute atomic E-state index is 0.119. The van der Waals surface area contributed by atoms with Crippen molar-refractivity contribution in [2.75, 3.05) is 13.6 Å². The van der Waals surface area contributed by atoms with Crippen LogP contribution in [0.5, 0.6) is 0 Å². The highest BCUT2D eigenvalue weighted by Gasteiger charge is 2.22. The number of carbonyl (C=O) groups excluding carboxylic acids is 1. The highest BCUT2D eigenvalue weighted by atomic mass is 79.9. The van der Waals surface area contributed by atoms with Gasteiger partial charge in [0, 0.05) is 11.5 Å². The molecule has 0 aliphatic heterocycles. The van der Waals surface area contributed by atoms with E-state index in [2.05, 4.69) is 15.9 Å². The average Bonchev–Trinajstić information content (AvgIpc) is 2.29. The third kappa shape index (κ3) is 3.50. The third-order valence-corrected chi connectivity index (χ3v) is 4.40. The van der Waals surface area contributed by atoms with E-state index in [4.69, 9.17) is 5.84 Å². The van der Waals surface area contributed by atoms with Gasteiger partial charge in [-0.2, -0.15) is 4.31 Å². The second-order valence-electron chi connectivity index (χ2n) is 3.28. The van der Waals surface area contributed by atoms with Gasteiger partial charge in [-0.05, 0) is 24.3 Å². The fraction of sp³-hybridized carbons (Fsp3) is 0.222. The summed E-state index contributed by atoms with van der Waals surface area (Å²) in [7, 11) is -2.35. The molecular formula is C9H12BrN3O3S. The van der Waals surface area contributed by atoms with Crippen molar-refractivity contribution in [1.29, 1.82) is 0 Å². The number of likely N-dealkylation sites (N-methyl/N-ethyl adjacent to an activating group) is 1. The first-order valence-electron chi connectivity index (χ1n) is 4.59. The fourth-order valence-corrected chi connectivity index (χ4v) is 2.51. The fourth-order valence-electron chi connectivity index (χ4n) is 1.12. The van der Waals surface area contributed by atoms with Gasteiger partial charge < -0.3 is 0 Å². The summed E-state index contributed by atoms with van der Waals surface area (Å²) in [4.78, 5) is 11.1. The zero-order valence-electron chi connectivity index (χ0n) is 9.05. The Morgan fingerprint density at radius 1 is 1.41 bits per heavy atom. The topological polar surface area (TPSA) is 92.5 Å². The van der Waals surface area contributed by atoms with E-state index in [1.165, 1.54) is 19.2 Å². The smallest absolute Gasteiger partial charge is 0.249 e. The lowest BCUT2D eigenvalue weighted by Crippen LogP contribution is -2.41. The molecule has 1 aromatic rings. The molecule has 0 bridgehead atoms. The average molecular weight is 322 g/mol. The number of nitrogens with one attached hydrogen (secondary N) is 1. The maximum atomic E-state index is 12.0. The van der Waals surface area contributed by atoms with Crippen LogP contribution in [0.15, 0.2) is 33.6 Å². The van der Waals surface area contributed by atoms with E-state index in [0.29, 0.717) is 0 Å². The van der Waals surface area contributed by atoms with Crippen LogP contribution in [-0.4, -0.2) is 32.2 Å². The van der Waals surface area contributed by atoms with Gasteiger partial charge in [-0.15, -0.1) is 0 Å². The molecule has 3 N–H and O–H groups in total. The monoisotopic (exact) mass is 321 g/mol. The maximum absolute atomic E-state index is 12.0. The van der Waals surface area contributed by atoms with E-state index in [-0.39, 0.29) is 11.4 Å². The van der Waals surface area contributed by atoms with Gasteiger partial charge in [0.1, 0.15) is 0 Å². The first-order valence-corrected chi connectivity index (χ1v) is 6.82. The standard InChI is InChI=1S/C9H12BrN3O3S/c1-13(6-9(14)12-11)17(15,16)8-4-2-7(10)3-5-8/h2-5H,6,11H2,1H3,(H,12,14). The number of sulfonamides is 1. The molecule has 0 unspecified atom stereocenters. The van der Waals surface area contributed by atoms with Crippen molar-refractivity contribution >= 4 is 31.9 Å². The predicted octanol–water partition coefficient (Wildman–Crippen LogP) is 0.0595. The number of carbonyl (C=O) groups is 1. The van der Waals surface area contributed by atoms with Crippen molar-refractivity contribution in [2.45, 2.75) is 4.90 Å². The van der Waals surface area contributed by atoms with Crippen LogP contribution in [0.25, 0.3) is 0 Å². The van der Waals surface area contributed by atoms with E-state index in [0.717, 1.165) is 8.78 Å². The van der Waals surface area contributed by atoms with Gasteiger partial charge in [-0.3, -0.25) is 10.2 Å². The van der Waals surface area contributed by atoms with E-state index < -0.39 is 15.9 Å². The number of benzene rings is 1. The molecule has 1 aromatic carbocycles. The molecule has 0 spiro atoms. The number of hydrogen-bond donors (Lipinski definition) is 2. The highest BCUT2D eigenvalue weighted by molar-refractivity contribution is 9.10. The zero-order chi connectivity index (χ0) is 13.1. The largest absolute Gasteiger partial charge is 0.293 e. The van der Waals surface area contributed by atoms with Gasteiger partial charge in [0.25, 0.3) is 0 Å². The van der Waals surface area contributed by atoms with Crippen molar-refractivity contribution in [3.8, 4) is 0 Å². The van der Waals surface area contributed by atoms with Crippen molar-refractivity contribution in [3.63, 3.8) is 0 Å². The van der Waals surface area contributed by atoms with Gasteiger partial charge in [0.2, 0.25) is 15.9 Å². The highest BCUT2D eigenvalue weighted by Crippen LogP contribution is 2.17. The van der Waals surface area contributed by atoms with E-state index in [1.54, 1.807) is 12.1 Å². The molecule has 1 rings (SSSR count). The Morgan fingerprint density at radius 3 is 2.41 bits per heavy atom. The second kappa shape index (κ2) is 5.58.